The van der Waals surface area contributed by atoms with E-state index in [4.69, 9.17) is 4.74 Å². The van der Waals surface area contributed by atoms with Crippen LogP contribution in [0.5, 0.6) is 5.75 Å². The molecule has 1 unspecified atom stereocenters. The summed E-state index contributed by atoms with van der Waals surface area (Å²) in [7, 11) is 0. The second-order valence-corrected chi connectivity index (χ2v) is 5.43. The summed E-state index contributed by atoms with van der Waals surface area (Å²) in [6.45, 7) is 0. The third-order valence-electron chi connectivity index (χ3n) is 4.05. The van der Waals surface area contributed by atoms with Gasteiger partial charge in [-0.3, -0.25) is 10.1 Å². The van der Waals surface area contributed by atoms with Crippen molar-refractivity contribution in [1.82, 2.24) is 0 Å². The summed E-state index contributed by atoms with van der Waals surface area (Å²) >= 11 is 0. The van der Waals surface area contributed by atoms with E-state index >= 15 is 0 Å². The first-order valence-corrected chi connectivity index (χ1v) is 7.33. The van der Waals surface area contributed by atoms with E-state index in [9.17, 15) is 10.1 Å². The van der Waals surface area contributed by atoms with Crippen LogP contribution >= 0.6 is 0 Å². The van der Waals surface area contributed by atoms with E-state index in [2.05, 4.69) is 0 Å². The molecule has 0 spiro atoms. The fourth-order valence-corrected chi connectivity index (χ4v) is 2.95. The third kappa shape index (κ3) is 2.25. The second-order valence-electron chi connectivity index (χ2n) is 5.43. The number of ether oxygens (including phenoxy) is 1. The minimum atomic E-state index is -0.695. The van der Waals surface area contributed by atoms with Crippen LogP contribution in [-0.2, 0) is 0 Å². The summed E-state index contributed by atoms with van der Waals surface area (Å²) in [5, 5.41) is 13.5. The Morgan fingerprint density at radius 1 is 0.913 bits per heavy atom. The Kier molecular flexibility index (Phi) is 3.08. The van der Waals surface area contributed by atoms with Crippen LogP contribution in [0.15, 0.2) is 72.4 Å². The first-order valence-electron chi connectivity index (χ1n) is 7.33. The molecule has 0 saturated carbocycles. The molecule has 4 heteroatoms. The molecule has 112 valence electrons. The van der Waals surface area contributed by atoms with Crippen LogP contribution in [0.25, 0.3) is 16.8 Å². The smallest absolute Gasteiger partial charge is 0.291 e. The Bertz CT molecular complexity index is 932. The second kappa shape index (κ2) is 5.25. The monoisotopic (exact) mass is 303 g/mol. The summed E-state index contributed by atoms with van der Waals surface area (Å²) in [5.41, 5.74) is 1.59. The molecule has 3 aromatic rings. The molecule has 3 aromatic carbocycles. The van der Waals surface area contributed by atoms with E-state index in [1.165, 1.54) is 0 Å². The maximum Gasteiger partial charge on any atom is 0.291 e. The molecule has 0 radical (unpaired) electrons. The number of nitrogens with zero attached hydrogens (tertiary/aromatic N) is 1. The van der Waals surface area contributed by atoms with Crippen LogP contribution in [-0.4, -0.2) is 4.92 Å². The van der Waals surface area contributed by atoms with Gasteiger partial charge >= 0.3 is 0 Å². The van der Waals surface area contributed by atoms with E-state index < -0.39 is 6.10 Å². The topological polar surface area (TPSA) is 52.4 Å². The summed E-state index contributed by atoms with van der Waals surface area (Å²) in [4.78, 5) is 11.2. The lowest BCUT2D eigenvalue weighted by Gasteiger charge is -2.23. The van der Waals surface area contributed by atoms with Crippen LogP contribution in [0.3, 0.4) is 0 Å². The quantitative estimate of drug-likeness (QED) is 0.514. The van der Waals surface area contributed by atoms with Crippen molar-refractivity contribution in [2.45, 2.75) is 6.10 Å². The average molecular weight is 303 g/mol. The lowest BCUT2D eigenvalue weighted by molar-refractivity contribution is -0.434. The van der Waals surface area contributed by atoms with Crippen molar-refractivity contribution in [2.24, 2.45) is 0 Å². The SMILES string of the molecule is O=[N+]([O-])C1=Cc2c(ccc3ccccc23)OC1c1ccccc1. The zero-order valence-electron chi connectivity index (χ0n) is 12.2. The van der Waals surface area contributed by atoms with Crippen molar-refractivity contribution < 1.29 is 9.66 Å². The fraction of sp³-hybridized carbons (Fsp3) is 0.0526. The van der Waals surface area contributed by atoms with Crippen LogP contribution in [0.1, 0.15) is 17.2 Å². The minimum absolute atomic E-state index is 0.0556. The van der Waals surface area contributed by atoms with Gasteiger partial charge in [-0.15, -0.1) is 0 Å². The van der Waals surface area contributed by atoms with Crippen LogP contribution < -0.4 is 4.74 Å². The van der Waals surface area contributed by atoms with Crippen molar-refractivity contribution >= 4 is 16.8 Å². The normalized spacial score (nSPS) is 16.3. The molecule has 0 saturated heterocycles. The maximum absolute atomic E-state index is 11.5. The van der Waals surface area contributed by atoms with Gasteiger partial charge in [0.2, 0.25) is 6.10 Å². The predicted molar refractivity (Wildman–Crippen MR) is 88.7 cm³/mol. The van der Waals surface area contributed by atoms with E-state index in [0.29, 0.717) is 5.75 Å². The Hall–Kier alpha value is -3.14. The van der Waals surface area contributed by atoms with E-state index in [1.54, 1.807) is 6.08 Å². The van der Waals surface area contributed by atoms with Crippen molar-refractivity contribution in [3.05, 3.63) is 93.7 Å². The van der Waals surface area contributed by atoms with Gasteiger partial charge < -0.3 is 4.74 Å². The van der Waals surface area contributed by atoms with E-state index in [0.717, 1.165) is 21.9 Å². The predicted octanol–water partition coefficient (Wildman–Crippen LogP) is 4.59. The first-order chi connectivity index (χ1) is 11.2. The van der Waals surface area contributed by atoms with Crippen LogP contribution in [0.2, 0.25) is 0 Å². The molecule has 0 N–H and O–H groups in total. The molecule has 0 amide bonds. The standard InChI is InChI=1S/C19H13NO3/c21-20(22)17-12-16-15-9-5-4-6-13(15)10-11-18(16)23-19(17)14-7-2-1-3-8-14/h1-12,19H. The van der Waals surface area contributed by atoms with Gasteiger partial charge in [0.25, 0.3) is 5.70 Å². The largest absolute Gasteiger partial charge is 0.474 e. The van der Waals surface area contributed by atoms with E-state index in [-0.39, 0.29) is 10.6 Å². The van der Waals surface area contributed by atoms with Gasteiger partial charge in [0, 0.05) is 17.2 Å². The molecule has 4 nitrogen and oxygen atoms in total. The molecule has 4 rings (SSSR count). The van der Waals surface area contributed by atoms with Gasteiger partial charge in [-0.2, -0.15) is 0 Å². The summed E-state index contributed by atoms with van der Waals surface area (Å²) < 4.78 is 5.99. The lowest BCUT2D eigenvalue weighted by atomic mass is 9.97. The Balaban J connectivity index is 1.93. The summed E-state index contributed by atoms with van der Waals surface area (Å²) in [6, 6.07) is 20.9. The number of hydrogen-bond donors (Lipinski definition) is 0. The molecule has 0 aromatic heterocycles. The Morgan fingerprint density at radius 2 is 1.65 bits per heavy atom. The molecule has 1 heterocycles. The zero-order chi connectivity index (χ0) is 15.8. The van der Waals surface area contributed by atoms with Crippen molar-refractivity contribution in [2.75, 3.05) is 0 Å². The van der Waals surface area contributed by atoms with E-state index in [1.807, 2.05) is 66.7 Å². The highest BCUT2D eigenvalue weighted by Crippen LogP contribution is 2.40. The molecule has 1 atom stereocenters. The highest BCUT2D eigenvalue weighted by Gasteiger charge is 2.33. The van der Waals surface area contributed by atoms with Crippen LogP contribution in [0.4, 0.5) is 0 Å². The number of fused-ring (bicyclic) bond motifs is 3. The Labute approximate surface area is 132 Å². The maximum atomic E-state index is 11.5. The number of nitro groups is 1. The van der Waals surface area contributed by atoms with Crippen LogP contribution in [0, 0.1) is 10.1 Å². The first kappa shape index (κ1) is 13.5. The van der Waals surface area contributed by atoms with Gasteiger partial charge in [0.1, 0.15) is 5.75 Å². The highest BCUT2D eigenvalue weighted by molar-refractivity contribution is 5.93. The minimum Gasteiger partial charge on any atom is -0.474 e. The van der Waals surface area contributed by atoms with Gasteiger partial charge in [-0.1, -0.05) is 60.7 Å². The number of hydrogen-bond acceptors (Lipinski definition) is 3. The molecule has 0 bridgehead atoms. The third-order valence-corrected chi connectivity index (χ3v) is 4.05. The molecule has 23 heavy (non-hydrogen) atoms. The number of benzene rings is 3. The fourth-order valence-electron chi connectivity index (χ4n) is 2.95. The van der Waals surface area contributed by atoms with Gasteiger partial charge in [-0.05, 0) is 16.8 Å². The summed E-state index contributed by atoms with van der Waals surface area (Å²) in [5.74, 6) is 0.670. The van der Waals surface area contributed by atoms with Crippen molar-refractivity contribution in [3.63, 3.8) is 0 Å². The molecular formula is C19H13NO3. The molecule has 1 aliphatic heterocycles. The molecule has 0 fully saturated rings. The molecule has 0 aliphatic carbocycles. The summed E-state index contributed by atoms with van der Waals surface area (Å²) in [6.07, 6.45) is 0.943. The molecule has 1 aliphatic rings. The lowest BCUT2D eigenvalue weighted by Crippen LogP contribution is -2.19. The van der Waals surface area contributed by atoms with Crippen molar-refractivity contribution in [1.29, 1.82) is 0 Å². The highest BCUT2D eigenvalue weighted by atomic mass is 16.6. The zero-order valence-corrected chi connectivity index (χ0v) is 12.2. The molecular weight excluding hydrogens is 290 g/mol. The number of rotatable bonds is 2. The van der Waals surface area contributed by atoms with Gasteiger partial charge in [0.15, 0.2) is 0 Å². The average Bonchev–Trinajstić information content (AvgIpc) is 2.61. The van der Waals surface area contributed by atoms with Crippen molar-refractivity contribution in [3.8, 4) is 5.75 Å². The van der Waals surface area contributed by atoms with Gasteiger partial charge in [-0.25, -0.2) is 0 Å². The Morgan fingerprint density at radius 3 is 2.43 bits per heavy atom. The van der Waals surface area contributed by atoms with Gasteiger partial charge in [0.05, 0.1) is 4.92 Å².